The zero-order valence-corrected chi connectivity index (χ0v) is 20.6. The number of para-hydroxylation sites is 1. The number of fused-ring (bicyclic) bond motifs is 1. The molecule has 0 aliphatic heterocycles. The van der Waals surface area contributed by atoms with Crippen molar-refractivity contribution in [1.82, 2.24) is 5.32 Å². The standard InChI is InChI=1S/C29H27F2NO4/c1-5-35-28-18(3)29-21(23(16-36-29)19-9-6-7-12-26(19)34-4)14-20(28)17(2)13-27(33)32-15-22-24(30)10-8-11-25(22)31/h6-14,16H,5,15H2,1-4H3,(H,32,33)/b17-13+. The molecule has 0 aliphatic carbocycles. The summed E-state index contributed by atoms with van der Waals surface area (Å²) < 4.78 is 45.3. The van der Waals surface area contributed by atoms with Crippen LogP contribution in [-0.2, 0) is 11.3 Å². The Kier molecular flexibility index (Phi) is 7.38. The fourth-order valence-electron chi connectivity index (χ4n) is 4.22. The SMILES string of the molecule is CCOc1c(/C(C)=C/C(=O)NCc2c(F)cccc2F)cc2c(-c3ccccc3OC)coc2c1C. The first-order chi connectivity index (χ1) is 17.3. The minimum absolute atomic E-state index is 0.191. The summed E-state index contributed by atoms with van der Waals surface area (Å²) in [5.41, 5.74) is 4.35. The van der Waals surface area contributed by atoms with Crippen molar-refractivity contribution < 1.29 is 27.5 Å². The third kappa shape index (κ3) is 4.82. The van der Waals surface area contributed by atoms with Crippen molar-refractivity contribution >= 4 is 22.4 Å². The monoisotopic (exact) mass is 491 g/mol. The molecule has 1 heterocycles. The first kappa shape index (κ1) is 25.0. The number of nitrogens with one attached hydrogen (secondary N) is 1. The van der Waals surface area contributed by atoms with Gasteiger partial charge < -0.3 is 19.2 Å². The number of halogens is 2. The second kappa shape index (κ2) is 10.6. The molecule has 0 saturated carbocycles. The molecule has 4 rings (SSSR count). The van der Waals surface area contributed by atoms with Gasteiger partial charge >= 0.3 is 0 Å². The van der Waals surface area contributed by atoms with Gasteiger partial charge in [-0.3, -0.25) is 4.79 Å². The molecule has 0 unspecified atom stereocenters. The van der Waals surface area contributed by atoms with Gasteiger partial charge in [0.15, 0.2) is 0 Å². The van der Waals surface area contributed by atoms with Gasteiger partial charge in [-0.2, -0.15) is 0 Å². The van der Waals surface area contributed by atoms with Crippen molar-refractivity contribution in [3.05, 3.63) is 89.2 Å². The van der Waals surface area contributed by atoms with E-state index in [1.165, 1.54) is 12.1 Å². The lowest BCUT2D eigenvalue weighted by atomic mass is 9.96. The van der Waals surface area contributed by atoms with Crippen molar-refractivity contribution in [2.75, 3.05) is 13.7 Å². The molecular weight excluding hydrogens is 464 g/mol. The Balaban J connectivity index is 1.74. The second-order valence-electron chi connectivity index (χ2n) is 8.28. The van der Waals surface area contributed by atoms with Crippen molar-refractivity contribution in [3.8, 4) is 22.6 Å². The van der Waals surface area contributed by atoms with Gasteiger partial charge in [0.2, 0.25) is 5.91 Å². The Morgan fingerprint density at radius 2 is 1.81 bits per heavy atom. The molecule has 36 heavy (non-hydrogen) atoms. The number of hydrogen-bond acceptors (Lipinski definition) is 4. The third-order valence-corrected chi connectivity index (χ3v) is 6.00. The molecule has 1 aromatic heterocycles. The normalized spacial score (nSPS) is 11.6. The number of benzene rings is 3. The van der Waals surface area contributed by atoms with E-state index < -0.39 is 17.5 Å². The molecule has 1 N–H and O–H groups in total. The lowest BCUT2D eigenvalue weighted by molar-refractivity contribution is -0.116. The predicted molar refractivity (Wildman–Crippen MR) is 136 cm³/mol. The highest BCUT2D eigenvalue weighted by atomic mass is 19.1. The molecule has 0 saturated heterocycles. The topological polar surface area (TPSA) is 60.7 Å². The molecule has 1 amide bonds. The van der Waals surface area contributed by atoms with Crippen LogP contribution in [0.25, 0.3) is 27.7 Å². The van der Waals surface area contributed by atoms with Crippen LogP contribution in [-0.4, -0.2) is 19.6 Å². The Morgan fingerprint density at radius 1 is 1.08 bits per heavy atom. The Bertz CT molecular complexity index is 1440. The van der Waals surface area contributed by atoms with Gasteiger partial charge in [0.05, 0.1) is 20.0 Å². The molecule has 0 atom stereocenters. The smallest absolute Gasteiger partial charge is 0.244 e. The fraction of sp³-hybridized carbons (Fsp3) is 0.207. The van der Waals surface area contributed by atoms with E-state index in [4.69, 9.17) is 13.9 Å². The van der Waals surface area contributed by atoms with Gasteiger partial charge in [0, 0.05) is 45.8 Å². The second-order valence-corrected chi connectivity index (χ2v) is 8.28. The van der Waals surface area contributed by atoms with Gasteiger partial charge in [0.1, 0.15) is 28.7 Å². The van der Waals surface area contributed by atoms with Gasteiger partial charge in [0.25, 0.3) is 0 Å². The lowest BCUT2D eigenvalue weighted by Crippen LogP contribution is -2.22. The summed E-state index contributed by atoms with van der Waals surface area (Å²) in [7, 11) is 1.61. The summed E-state index contributed by atoms with van der Waals surface area (Å²) in [5.74, 6) is -0.584. The number of carbonyl (C=O) groups is 1. The number of allylic oxidation sites excluding steroid dienone is 1. The molecule has 0 bridgehead atoms. The number of rotatable bonds is 8. The van der Waals surface area contributed by atoms with Crippen LogP contribution >= 0.6 is 0 Å². The average molecular weight is 492 g/mol. The van der Waals surface area contributed by atoms with E-state index in [-0.39, 0.29) is 12.1 Å². The molecule has 0 spiro atoms. The average Bonchev–Trinajstić information content (AvgIpc) is 3.29. The van der Waals surface area contributed by atoms with E-state index in [0.717, 1.165) is 34.2 Å². The first-order valence-electron chi connectivity index (χ1n) is 11.6. The zero-order valence-electron chi connectivity index (χ0n) is 20.6. The quantitative estimate of drug-likeness (QED) is 0.275. The molecular formula is C29H27F2NO4. The van der Waals surface area contributed by atoms with Crippen molar-refractivity contribution in [1.29, 1.82) is 0 Å². The number of ether oxygens (including phenoxy) is 2. The van der Waals surface area contributed by atoms with E-state index in [0.29, 0.717) is 34.8 Å². The highest BCUT2D eigenvalue weighted by Gasteiger charge is 2.20. The number of methoxy groups -OCH3 is 1. The van der Waals surface area contributed by atoms with Gasteiger partial charge in [-0.25, -0.2) is 8.78 Å². The van der Waals surface area contributed by atoms with Gasteiger partial charge in [-0.1, -0.05) is 24.3 Å². The number of furan rings is 1. The summed E-state index contributed by atoms with van der Waals surface area (Å²) in [5, 5.41) is 3.41. The minimum atomic E-state index is -0.709. The highest BCUT2D eigenvalue weighted by Crippen LogP contribution is 2.42. The summed E-state index contributed by atoms with van der Waals surface area (Å²) in [6.07, 6.45) is 3.08. The van der Waals surface area contributed by atoms with Crippen LogP contribution in [0.5, 0.6) is 11.5 Å². The summed E-state index contributed by atoms with van der Waals surface area (Å²) >= 11 is 0. The van der Waals surface area contributed by atoms with Crippen molar-refractivity contribution in [3.63, 3.8) is 0 Å². The Hall–Kier alpha value is -4.13. The molecule has 0 aliphatic rings. The molecule has 3 aromatic carbocycles. The molecule has 186 valence electrons. The molecule has 5 nitrogen and oxygen atoms in total. The Labute approximate surface area is 208 Å². The van der Waals surface area contributed by atoms with Crippen LogP contribution < -0.4 is 14.8 Å². The highest BCUT2D eigenvalue weighted by molar-refractivity contribution is 6.02. The van der Waals surface area contributed by atoms with Crippen molar-refractivity contribution in [2.45, 2.75) is 27.3 Å². The minimum Gasteiger partial charge on any atom is -0.496 e. The number of carbonyl (C=O) groups excluding carboxylic acids is 1. The summed E-state index contributed by atoms with van der Waals surface area (Å²) in [6.45, 7) is 5.73. The number of hydrogen-bond donors (Lipinski definition) is 1. The van der Waals surface area contributed by atoms with Crippen LogP contribution in [0.4, 0.5) is 8.78 Å². The van der Waals surface area contributed by atoms with Crippen LogP contribution in [0.2, 0.25) is 0 Å². The maximum absolute atomic E-state index is 13.9. The maximum Gasteiger partial charge on any atom is 0.244 e. The number of aryl methyl sites for hydroxylation is 1. The van der Waals surface area contributed by atoms with Crippen LogP contribution in [0.3, 0.4) is 0 Å². The van der Waals surface area contributed by atoms with E-state index in [1.807, 2.05) is 44.2 Å². The van der Waals surface area contributed by atoms with E-state index in [2.05, 4.69) is 5.32 Å². The van der Waals surface area contributed by atoms with Gasteiger partial charge in [-0.15, -0.1) is 0 Å². The Morgan fingerprint density at radius 3 is 2.50 bits per heavy atom. The van der Waals surface area contributed by atoms with Crippen molar-refractivity contribution in [2.24, 2.45) is 0 Å². The predicted octanol–water partition coefficient (Wildman–Crippen LogP) is 6.81. The summed E-state index contributed by atoms with van der Waals surface area (Å²) in [6, 6.07) is 13.2. The fourth-order valence-corrected chi connectivity index (χ4v) is 4.22. The van der Waals surface area contributed by atoms with E-state index in [9.17, 15) is 13.6 Å². The maximum atomic E-state index is 13.9. The largest absolute Gasteiger partial charge is 0.496 e. The molecule has 0 fully saturated rings. The molecule has 7 heteroatoms. The molecule has 4 aromatic rings. The van der Waals surface area contributed by atoms with Crippen LogP contribution in [0, 0.1) is 18.6 Å². The van der Waals surface area contributed by atoms with E-state index in [1.54, 1.807) is 20.3 Å². The molecule has 0 radical (unpaired) electrons. The van der Waals surface area contributed by atoms with Crippen LogP contribution in [0.1, 0.15) is 30.5 Å². The van der Waals surface area contributed by atoms with E-state index >= 15 is 0 Å². The van der Waals surface area contributed by atoms with Crippen LogP contribution in [0.15, 0.2) is 65.3 Å². The zero-order chi connectivity index (χ0) is 25.8. The first-order valence-corrected chi connectivity index (χ1v) is 11.6. The lowest BCUT2D eigenvalue weighted by Gasteiger charge is -2.15. The van der Waals surface area contributed by atoms with Gasteiger partial charge in [-0.05, 0) is 50.6 Å². The summed E-state index contributed by atoms with van der Waals surface area (Å²) in [4.78, 5) is 12.7. The number of amides is 1. The third-order valence-electron chi connectivity index (χ3n) is 6.00.